The van der Waals surface area contributed by atoms with Gasteiger partial charge in [0.25, 0.3) is 5.91 Å². The van der Waals surface area contributed by atoms with E-state index in [0.717, 1.165) is 12.8 Å². The molecule has 0 bridgehead atoms. The predicted molar refractivity (Wildman–Crippen MR) is 79.5 cm³/mol. The summed E-state index contributed by atoms with van der Waals surface area (Å²) in [6.07, 6.45) is 1.32. The molecule has 3 N–H and O–H groups in total. The number of hydrogen-bond acceptors (Lipinski definition) is 4. The van der Waals surface area contributed by atoms with Crippen molar-refractivity contribution in [3.05, 3.63) is 0 Å². The van der Waals surface area contributed by atoms with E-state index in [1.807, 2.05) is 13.8 Å². The van der Waals surface area contributed by atoms with E-state index in [1.54, 1.807) is 4.90 Å². The highest BCUT2D eigenvalue weighted by molar-refractivity contribution is 6.00. The third-order valence-corrected chi connectivity index (χ3v) is 4.67. The van der Waals surface area contributed by atoms with Crippen LogP contribution in [-0.4, -0.2) is 63.4 Å². The number of likely N-dealkylation sites (tertiary alicyclic amines) is 2. The van der Waals surface area contributed by atoms with Crippen LogP contribution in [0.15, 0.2) is 0 Å². The molecule has 2 aliphatic rings. The summed E-state index contributed by atoms with van der Waals surface area (Å²) in [4.78, 5) is 39.6. The molecular weight excluding hydrogens is 286 g/mol. The molecule has 0 aliphatic carbocycles. The van der Waals surface area contributed by atoms with Crippen LogP contribution in [0.4, 0.5) is 0 Å². The average Bonchev–Trinajstić information content (AvgIpc) is 2.45. The molecule has 1 spiro atoms. The van der Waals surface area contributed by atoms with E-state index in [2.05, 4.69) is 0 Å². The first kappa shape index (κ1) is 16.7. The summed E-state index contributed by atoms with van der Waals surface area (Å²) in [5.74, 6) is -1.22. The van der Waals surface area contributed by atoms with Gasteiger partial charge in [0.2, 0.25) is 11.8 Å². The molecule has 0 aromatic heterocycles. The predicted octanol–water partition coefficient (Wildman–Crippen LogP) is -0.529. The second-order valence-electron chi connectivity index (χ2n) is 6.65. The normalized spacial score (nSPS) is 27.8. The van der Waals surface area contributed by atoms with Crippen LogP contribution < -0.4 is 5.73 Å². The first-order valence-electron chi connectivity index (χ1n) is 7.82. The molecule has 1 unspecified atom stereocenters. The van der Waals surface area contributed by atoms with Gasteiger partial charge >= 0.3 is 0 Å². The van der Waals surface area contributed by atoms with Gasteiger partial charge in [-0.2, -0.15) is 0 Å². The monoisotopic (exact) mass is 311 g/mol. The molecule has 2 saturated heterocycles. The van der Waals surface area contributed by atoms with E-state index in [0.29, 0.717) is 13.0 Å². The number of piperidine rings is 1. The summed E-state index contributed by atoms with van der Waals surface area (Å²) in [5, 5.41) is 9.71. The van der Waals surface area contributed by atoms with Crippen LogP contribution >= 0.6 is 0 Å². The van der Waals surface area contributed by atoms with Gasteiger partial charge in [-0.05, 0) is 26.2 Å². The number of hydrogen-bond donors (Lipinski definition) is 2. The number of rotatable bonds is 4. The summed E-state index contributed by atoms with van der Waals surface area (Å²) < 4.78 is 0. The zero-order valence-corrected chi connectivity index (χ0v) is 13.4. The molecule has 7 nitrogen and oxygen atoms in total. The molecule has 0 aromatic rings. The van der Waals surface area contributed by atoms with Gasteiger partial charge in [0.15, 0.2) is 0 Å². The first-order chi connectivity index (χ1) is 10.2. The minimum atomic E-state index is -1.03. The summed E-state index contributed by atoms with van der Waals surface area (Å²) >= 11 is 0. The SMILES string of the molecule is CC(C)C(=O)N1CCCCC12CN([C@H](C(N)=O)[C@@H](C)O)C2=O. The minimum absolute atomic E-state index is 0.0413. The van der Waals surface area contributed by atoms with Crippen molar-refractivity contribution in [2.75, 3.05) is 13.1 Å². The molecule has 124 valence electrons. The standard InChI is InChI=1S/C15H25N3O4/c1-9(2)13(21)18-7-5-4-6-15(18)8-17(14(15)22)11(10(3)19)12(16)20/h9-11,19H,4-8H2,1-3H3,(H2,16,20)/t10-,11+,15?/m1/s1. The van der Waals surface area contributed by atoms with Crippen molar-refractivity contribution in [2.45, 2.75) is 57.7 Å². The van der Waals surface area contributed by atoms with Crippen LogP contribution in [0.5, 0.6) is 0 Å². The van der Waals surface area contributed by atoms with Crippen molar-refractivity contribution in [3.63, 3.8) is 0 Å². The smallest absolute Gasteiger partial charge is 0.251 e. The Balaban J connectivity index is 2.23. The quantitative estimate of drug-likeness (QED) is 0.681. The molecule has 0 radical (unpaired) electrons. The Bertz CT molecular complexity index is 491. The Kier molecular flexibility index (Phi) is 4.47. The van der Waals surface area contributed by atoms with E-state index in [1.165, 1.54) is 11.8 Å². The van der Waals surface area contributed by atoms with Crippen molar-refractivity contribution in [1.29, 1.82) is 0 Å². The van der Waals surface area contributed by atoms with Crippen LogP contribution in [0.1, 0.15) is 40.0 Å². The lowest BCUT2D eigenvalue weighted by Gasteiger charge is -2.58. The molecule has 0 saturated carbocycles. The first-order valence-corrected chi connectivity index (χ1v) is 7.82. The molecule has 2 rings (SSSR count). The van der Waals surface area contributed by atoms with Crippen LogP contribution in [0.25, 0.3) is 0 Å². The minimum Gasteiger partial charge on any atom is -0.391 e. The third kappa shape index (κ3) is 2.47. The fraction of sp³-hybridized carbons (Fsp3) is 0.800. The van der Waals surface area contributed by atoms with Crippen LogP contribution in [-0.2, 0) is 14.4 Å². The summed E-state index contributed by atoms with van der Waals surface area (Å²) in [6, 6.07) is -1.03. The van der Waals surface area contributed by atoms with Gasteiger partial charge in [-0.3, -0.25) is 14.4 Å². The Labute approximate surface area is 130 Å². The zero-order chi connectivity index (χ0) is 16.7. The van der Waals surface area contributed by atoms with Gasteiger partial charge in [-0.1, -0.05) is 13.8 Å². The molecule has 3 atom stereocenters. The number of aliphatic hydroxyl groups is 1. The maximum absolute atomic E-state index is 12.7. The number of nitrogens with zero attached hydrogens (tertiary/aromatic N) is 2. The van der Waals surface area contributed by atoms with Gasteiger partial charge in [0.1, 0.15) is 11.6 Å². The topological polar surface area (TPSA) is 104 Å². The van der Waals surface area contributed by atoms with Crippen molar-refractivity contribution in [3.8, 4) is 0 Å². The highest BCUT2D eigenvalue weighted by Gasteiger charge is 2.60. The Morgan fingerprint density at radius 1 is 1.27 bits per heavy atom. The fourth-order valence-electron chi connectivity index (χ4n) is 3.53. The number of carbonyl (C=O) groups excluding carboxylic acids is 3. The zero-order valence-electron chi connectivity index (χ0n) is 13.4. The lowest BCUT2D eigenvalue weighted by atomic mass is 9.76. The lowest BCUT2D eigenvalue weighted by molar-refractivity contribution is -0.184. The van der Waals surface area contributed by atoms with Crippen molar-refractivity contribution < 1.29 is 19.5 Å². The molecular formula is C15H25N3O4. The van der Waals surface area contributed by atoms with Gasteiger partial charge < -0.3 is 20.6 Å². The van der Waals surface area contributed by atoms with Crippen LogP contribution in [0.3, 0.4) is 0 Å². The molecule has 2 fully saturated rings. The molecule has 2 heterocycles. The van der Waals surface area contributed by atoms with Crippen LogP contribution in [0.2, 0.25) is 0 Å². The van der Waals surface area contributed by atoms with E-state index in [9.17, 15) is 19.5 Å². The van der Waals surface area contributed by atoms with Crippen molar-refractivity contribution in [1.82, 2.24) is 9.80 Å². The molecule has 2 aliphatic heterocycles. The van der Waals surface area contributed by atoms with Gasteiger partial charge in [-0.15, -0.1) is 0 Å². The lowest BCUT2D eigenvalue weighted by Crippen LogP contribution is -2.79. The van der Waals surface area contributed by atoms with Gasteiger partial charge in [0.05, 0.1) is 12.6 Å². The Morgan fingerprint density at radius 2 is 1.91 bits per heavy atom. The Morgan fingerprint density at radius 3 is 2.36 bits per heavy atom. The van der Waals surface area contributed by atoms with Gasteiger partial charge in [-0.25, -0.2) is 0 Å². The van der Waals surface area contributed by atoms with E-state index >= 15 is 0 Å². The summed E-state index contributed by atoms with van der Waals surface area (Å²) in [7, 11) is 0. The van der Waals surface area contributed by atoms with Crippen molar-refractivity contribution >= 4 is 17.7 Å². The number of amides is 3. The second-order valence-corrected chi connectivity index (χ2v) is 6.65. The maximum Gasteiger partial charge on any atom is 0.251 e. The maximum atomic E-state index is 12.7. The van der Waals surface area contributed by atoms with Crippen LogP contribution in [0, 0.1) is 5.92 Å². The van der Waals surface area contributed by atoms with E-state index in [-0.39, 0.29) is 24.3 Å². The van der Waals surface area contributed by atoms with E-state index in [4.69, 9.17) is 5.73 Å². The summed E-state index contributed by atoms with van der Waals surface area (Å²) in [5.41, 5.74) is 4.45. The highest BCUT2D eigenvalue weighted by Crippen LogP contribution is 2.40. The fourth-order valence-corrected chi connectivity index (χ4v) is 3.53. The number of β-lactam (4-membered cyclic amide) rings is 1. The summed E-state index contributed by atoms with van der Waals surface area (Å²) in [6.45, 7) is 5.89. The molecule has 7 heteroatoms. The number of nitrogens with two attached hydrogens (primary N) is 1. The molecule has 0 aromatic carbocycles. The number of carbonyl (C=O) groups is 3. The second kappa shape index (κ2) is 5.87. The molecule has 3 amide bonds. The largest absolute Gasteiger partial charge is 0.391 e. The third-order valence-electron chi connectivity index (χ3n) is 4.67. The molecule has 22 heavy (non-hydrogen) atoms. The van der Waals surface area contributed by atoms with Crippen molar-refractivity contribution in [2.24, 2.45) is 11.7 Å². The average molecular weight is 311 g/mol. The number of aliphatic hydroxyl groups excluding tert-OH is 1. The van der Waals surface area contributed by atoms with E-state index < -0.39 is 23.6 Å². The number of primary amides is 1. The Hall–Kier alpha value is -1.63. The highest BCUT2D eigenvalue weighted by atomic mass is 16.3. The van der Waals surface area contributed by atoms with Gasteiger partial charge in [0, 0.05) is 12.5 Å².